The number of fused-ring (bicyclic) bond motifs is 4. The Morgan fingerprint density at radius 1 is 0.511 bits per heavy atom. The number of aromatic nitrogens is 2. The number of para-hydroxylation sites is 1. The number of hydrogen-bond acceptors (Lipinski definition) is 3. The van der Waals surface area contributed by atoms with Crippen LogP contribution in [0, 0.1) is 0 Å². The lowest BCUT2D eigenvalue weighted by atomic mass is 9.86. The van der Waals surface area contributed by atoms with Crippen LogP contribution < -0.4 is 0 Å². The lowest BCUT2D eigenvalue weighted by Crippen LogP contribution is -2.02. The second-order valence-electron chi connectivity index (χ2n) is 12.1. The second-order valence-corrected chi connectivity index (χ2v) is 12.1. The molecular formula is C42H29N3. The highest BCUT2D eigenvalue weighted by Gasteiger charge is 2.22. The van der Waals surface area contributed by atoms with Gasteiger partial charge in [-0.25, -0.2) is 4.98 Å². The summed E-state index contributed by atoms with van der Waals surface area (Å²) < 4.78 is 0. The van der Waals surface area contributed by atoms with Crippen molar-refractivity contribution >= 4 is 43.7 Å². The summed E-state index contributed by atoms with van der Waals surface area (Å²) in [5.74, 6) is 0.197. The van der Waals surface area contributed by atoms with Gasteiger partial charge >= 0.3 is 0 Å². The molecule has 0 amide bonds. The summed E-state index contributed by atoms with van der Waals surface area (Å²) >= 11 is 0. The minimum Gasteiger partial charge on any atom is -0.254 e. The fourth-order valence-corrected chi connectivity index (χ4v) is 7.28. The summed E-state index contributed by atoms with van der Waals surface area (Å²) in [4.78, 5) is 15.4. The van der Waals surface area contributed by atoms with Crippen LogP contribution in [0.1, 0.15) is 36.5 Å². The van der Waals surface area contributed by atoms with Gasteiger partial charge in [-0.3, -0.25) is 9.98 Å². The van der Waals surface area contributed by atoms with Crippen molar-refractivity contribution < 1.29 is 0 Å². The predicted molar refractivity (Wildman–Crippen MR) is 188 cm³/mol. The maximum absolute atomic E-state index is 5.22. The van der Waals surface area contributed by atoms with Crippen molar-refractivity contribution in [1.82, 2.24) is 9.97 Å². The average molecular weight is 576 g/mol. The van der Waals surface area contributed by atoms with E-state index in [0.29, 0.717) is 0 Å². The molecule has 0 saturated carbocycles. The van der Waals surface area contributed by atoms with E-state index >= 15 is 0 Å². The van der Waals surface area contributed by atoms with E-state index in [1.54, 1.807) is 0 Å². The van der Waals surface area contributed by atoms with Crippen molar-refractivity contribution in [2.45, 2.75) is 19.8 Å². The molecule has 3 heterocycles. The molecule has 0 fully saturated rings. The highest BCUT2D eigenvalue weighted by Crippen LogP contribution is 2.42. The Balaban J connectivity index is 1.22. The van der Waals surface area contributed by atoms with Gasteiger partial charge in [0.15, 0.2) is 0 Å². The first-order valence-corrected chi connectivity index (χ1v) is 15.5. The summed E-state index contributed by atoms with van der Waals surface area (Å²) in [7, 11) is 0. The van der Waals surface area contributed by atoms with Crippen molar-refractivity contribution in [3.63, 3.8) is 0 Å². The van der Waals surface area contributed by atoms with E-state index in [1.165, 1.54) is 49.0 Å². The van der Waals surface area contributed by atoms with Crippen molar-refractivity contribution in [2.75, 3.05) is 0 Å². The van der Waals surface area contributed by atoms with E-state index in [-0.39, 0.29) is 5.92 Å². The van der Waals surface area contributed by atoms with Crippen LogP contribution in [0.15, 0.2) is 139 Å². The largest absolute Gasteiger partial charge is 0.254 e. The molecule has 0 saturated heterocycles. The molecule has 0 bridgehead atoms. The van der Waals surface area contributed by atoms with E-state index in [2.05, 4.69) is 141 Å². The molecule has 2 aromatic heterocycles. The third kappa shape index (κ3) is 4.01. The predicted octanol–water partition coefficient (Wildman–Crippen LogP) is 11.0. The summed E-state index contributed by atoms with van der Waals surface area (Å²) in [6, 6.07) is 45.5. The lowest BCUT2D eigenvalue weighted by molar-refractivity contribution is 0.925. The molecule has 3 nitrogen and oxygen atoms in total. The number of hydrogen-bond donors (Lipinski definition) is 0. The molecule has 45 heavy (non-hydrogen) atoms. The van der Waals surface area contributed by atoms with Crippen LogP contribution in [-0.4, -0.2) is 15.7 Å². The Kier molecular flexibility index (Phi) is 5.69. The third-order valence-corrected chi connectivity index (χ3v) is 9.52. The smallest absolute Gasteiger partial charge is 0.0893 e. The molecule has 9 rings (SSSR count). The minimum atomic E-state index is 0.197. The normalized spacial score (nSPS) is 14.4. The zero-order valence-electron chi connectivity index (χ0n) is 25.1. The third-order valence-electron chi connectivity index (χ3n) is 9.52. The monoisotopic (exact) mass is 575 g/mol. The molecule has 6 aromatic carbocycles. The van der Waals surface area contributed by atoms with Gasteiger partial charge in [-0.15, -0.1) is 0 Å². The van der Waals surface area contributed by atoms with E-state index in [1.807, 2.05) is 6.20 Å². The Morgan fingerprint density at radius 2 is 1.20 bits per heavy atom. The Hall–Kier alpha value is -5.67. The Bertz CT molecular complexity index is 2450. The molecule has 212 valence electrons. The standard InChI is InChI=1S/C42H29N3/c1-25-30-11-3-4-13-32(30)36-24-43-40(23-35(36)26(2)44-37-14-6-5-12-31(25)37)39-16-8-15-38(45-39)33-21-19-29-18-17-27-9-7-10-28-20-22-34(33)42(29)41(27)28/h3-25H,1-2H3. The van der Waals surface area contributed by atoms with Crippen LogP contribution in [-0.2, 0) is 0 Å². The molecule has 3 heteroatoms. The van der Waals surface area contributed by atoms with Crippen molar-refractivity contribution in [1.29, 1.82) is 0 Å². The van der Waals surface area contributed by atoms with Gasteiger partial charge in [0.05, 0.1) is 22.8 Å². The summed E-state index contributed by atoms with van der Waals surface area (Å²) in [5, 5.41) is 7.61. The zero-order valence-corrected chi connectivity index (χ0v) is 25.1. The first-order chi connectivity index (χ1) is 22.1. The topological polar surface area (TPSA) is 38.1 Å². The van der Waals surface area contributed by atoms with Gasteiger partial charge in [0.2, 0.25) is 0 Å². The fraction of sp³-hybridized carbons (Fsp3) is 0.0714. The van der Waals surface area contributed by atoms with Crippen molar-refractivity contribution in [3.05, 3.63) is 150 Å². The molecule has 0 radical (unpaired) electrons. The second kappa shape index (κ2) is 9.93. The summed E-state index contributed by atoms with van der Waals surface area (Å²) in [6.45, 7) is 4.37. The van der Waals surface area contributed by atoms with Gasteiger partial charge in [-0.05, 0) is 80.2 Å². The van der Waals surface area contributed by atoms with E-state index < -0.39 is 0 Å². The fourth-order valence-electron chi connectivity index (χ4n) is 7.28. The van der Waals surface area contributed by atoms with Gasteiger partial charge < -0.3 is 0 Å². The van der Waals surface area contributed by atoms with Crippen molar-refractivity contribution in [2.24, 2.45) is 4.99 Å². The zero-order chi connectivity index (χ0) is 30.1. The van der Waals surface area contributed by atoms with Gasteiger partial charge in [0.1, 0.15) is 0 Å². The molecule has 8 aromatic rings. The van der Waals surface area contributed by atoms with Crippen LogP contribution in [0.4, 0.5) is 5.69 Å². The number of nitrogens with zero attached hydrogens (tertiary/aromatic N) is 3. The highest BCUT2D eigenvalue weighted by atomic mass is 14.8. The highest BCUT2D eigenvalue weighted by molar-refractivity contribution is 6.25. The van der Waals surface area contributed by atoms with Crippen LogP contribution in [0.3, 0.4) is 0 Å². The molecule has 1 aliphatic heterocycles. The SMILES string of the molecule is CC1=Nc2ccccc2C(C)c2ccccc2-c2cnc(-c3cccc(-c4ccc5ccc6cccc7ccc4c5c67)n3)cc21. The summed E-state index contributed by atoms with van der Waals surface area (Å²) in [6.07, 6.45) is 2.01. The van der Waals surface area contributed by atoms with E-state index in [4.69, 9.17) is 15.0 Å². The number of pyridine rings is 2. The van der Waals surface area contributed by atoms with Gasteiger partial charge in [-0.1, -0.05) is 110 Å². The summed E-state index contributed by atoms with van der Waals surface area (Å²) in [5.41, 5.74) is 11.6. The van der Waals surface area contributed by atoms with Crippen LogP contribution in [0.25, 0.3) is 66.1 Å². The Morgan fingerprint density at radius 3 is 2.07 bits per heavy atom. The number of aliphatic imine (C=N–C) groups is 1. The van der Waals surface area contributed by atoms with Crippen molar-refractivity contribution in [3.8, 4) is 33.8 Å². The van der Waals surface area contributed by atoms with Crippen LogP contribution in [0.5, 0.6) is 0 Å². The molecule has 0 N–H and O–H groups in total. The first-order valence-electron chi connectivity index (χ1n) is 15.5. The van der Waals surface area contributed by atoms with Crippen LogP contribution >= 0.6 is 0 Å². The molecular weight excluding hydrogens is 546 g/mol. The number of rotatable bonds is 2. The molecule has 1 unspecified atom stereocenters. The van der Waals surface area contributed by atoms with Crippen LogP contribution in [0.2, 0.25) is 0 Å². The minimum absolute atomic E-state index is 0.197. The Labute approximate surface area is 261 Å². The maximum Gasteiger partial charge on any atom is 0.0893 e. The van der Waals surface area contributed by atoms with Gasteiger partial charge in [0, 0.05) is 34.5 Å². The molecule has 1 aliphatic rings. The lowest BCUT2D eigenvalue weighted by Gasteiger charge is -2.18. The van der Waals surface area contributed by atoms with E-state index in [9.17, 15) is 0 Å². The van der Waals surface area contributed by atoms with Gasteiger partial charge in [-0.2, -0.15) is 0 Å². The first kappa shape index (κ1) is 25.8. The average Bonchev–Trinajstić information content (AvgIpc) is 3.13. The number of benzene rings is 6. The molecule has 1 atom stereocenters. The van der Waals surface area contributed by atoms with E-state index in [0.717, 1.165) is 45.2 Å². The molecule has 0 spiro atoms. The quantitative estimate of drug-likeness (QED) is 0.192. The molecule has 0 aliphatic carbocycles. The maximum atomic E-state index is 5.22. The van der Waals surface area contributed by atoms with Gasteiger partial charge in [0.25, 0.3) is 0 Å².